The van der Waals surface area contributed by atoms with Crippen LogP contribution < -0.4 is 10.7 Å². The summed E-state index contributed by atoms with van der Waals surface area (Å²) >= 11 is 9.22. The zero-order valence-electron chi connectivity index (χ0n) is 14.5. The first-order valence-corrected chi connectivity index (χ1v) is 9.40. The van der Waals surface area contributed by atoms with Crippen molar-refractivity contribution in [3.05, 3.63) is 81.5 Å². The number of carbonyl (C=O) groups is 2. The predicted octanol–water partition coefficient (Wildman–Crippen LogP) is 4.24. The second-order valence-electron chi connectivity index (χ2n) is 5.70. The molecule has 3 rings (SSSR count). The Kier molecular flexibility index (Phi) is 6.62. The molecule has 0 spiro atoms. The van der Waals surface area contributed by atoms with E-state index in [1.54, 1.807) is 24.3 Å². The van der Waals surface area contributed by atoms with Crippen LogP contribution >= 0.6 is 27.5 Å². The highest BCUT2D eigenvalue weighted by Crippen LogP contribution is 2.23. The molecule has 0 saturated heterocycles. The molecular weight excluding hydrogens is 446 g/mol. The van der Waals surface area contributed by atoms with E-state index in [-0.39, 0.29) is 6.54 Å². The van der Waals surface area contributed by atoms with Gasteiger partial charge in [0.15, 0.2) is 0 Å². The summed E-state index contributed by atoms with van der Waals surface area (Å²) < 4.78 is 6.64. The number of rotatable bonds is 6. The number of halogens is 2. The molecule has 0 radical (unpaired) electrons. The average Bonchev–Trinajstić information content (AvgIpc) is 3.15. The van der Waals surface area contributed by atoms with Crippen LogP contribution in [0.15, 0.2) is 74.7 Å². The summed E-state index contributed by atoms with van der Waals surface area (Å²) in [5.41, 5.74) is 3.63. The maximum atomic E-state index is 11.9. The molecule has 0 fully saturated rings. The monoisotopic (exact) mass is 459 g/mol. The van der Waals surface area contributed by atoms with E-state index in [0.717, 1.165) is 10.0 Å². The number of hydrogen-bond donors (Lipinski definition) is 2. The zero-order chi connectivity index (χ0) is 19.9. The number of furan rings is 1. The van der Waals surface area contributed by atoms with Gasteiger partial charge in [0, 0.05) is 20.6 Å². The van der Waals surface area contributed by atoms with Crippen molar-refractivity contribution in [2.45, 2.75) is 0 Å². The molecule has 0 aliphatic heterocycles. The molecule has 0 saturated carbocycles. The molecule has 28 heavy (non-hydrogen) atoms. The van der Waals surface area contributed by atoms with Gasteiger partial charge in [-0.15, -0.1) is 0 Å². The fraction of sp³-hybridized carbons (Fsp3) is 0.0500. The van der Waals surface area contributed by atoms with E-state index in [0.29, 0.717) is 22.1 Å². The average molecular weight is 461 g/mol. The molecular formula is C20H15BrClN3O3. The van der Waals surface area contributed by atoms with E-state index in [4.69, 9.17) is 16.0 Å². The van der Waals surface area contributed by atoms with Crippen LogP contribution in [0.25, 0.3) is 11.3 Å². The van der Waals surface area contributed by atoms with Gasteiger partial charge in [-0.05, 0) is 42.5 Å². The number of carbonyl (C=O) groups excluding carboxylic acids is 2. The molecule has 1 heterocycles. The molecule has 0 aliphatic rings. The van der Waals surface area contributed by atoms with E-state index in [1.807, 2.05) is 30.3 Å². The van der Waals surface area contributed by atoms with Gasteiger partial charge in [0.1, 0.15) is 11.5 Å². The molecule has 2 N–H and O–H groups in total. The lowest BCUT2D eigenvalue weighted by Crippen LogP contribution is -2.34. The molecule has 8 heteroatoms. The first-order valence-electron chi connectivity index (χ1n) is 8.23. The molecule has 2 amide bonds. The lowest BCUT2D eigenvalue weighted by molar-refractivity contribution is -0.120. The van der Waals surface area contributed by atoms with Gasteiger partial charge in [-0.3, -0.25) is 9.59 Å². The van der Waals surface area contributed by atoms with Crippen LogP contribution in [-0.4, -0.2) is 24.6 Å². The van der Waals surface area contributed by atoms with Gasteiger partial charge in [-0.1, -0.05) is 45.7 Å². The highest BCUT2D eigenvalue weighted by molar-refractivity contribution is 9.10. The van der Waals surface area contributed by atoms with Crippen LogP contribution in [0.1, 0.15) is 16.1 Å². The lowest BCUT2D eigenvalue weighted by Gasteiger charge is -2.04. The Hall–Kier alpha value is -2.90. The van der Waals surface area contributed by atoms with Gasteiger partial charge in [-0.2, -0.15) is 5.10 Å². The molecule has 0 bridgehead atoms. The molecule has 0 aliphatic carbocycles. The molecule has 1 aromatic heterocycles. The van der Waals surface area contributed by atoms with Crippen LogP contribution in [0.3, 0.4) is 0 Å². The molecule has 142 valence electrons. The Bertz CT molecular complexity index is 1020. The molecule has 3 aromatic rings. The Labute approximate surface area is 174 Å². The van der Waals surface area contributed by atoms with Crippen molar-refractivity contribution in [3.8, 4) is 11.3 Å². The Balaban J connectivity index is 1.48. The van der Waals surface area contributed by atoms with Gasteiger partial charge in [0.05, 0.1) is 12.8 Å². The maximum Gasteiger partial charge on any atom is 0.259 e. The SMILES string of the molecule is O=C(CNC(=O)c1cccc(Cl)c1)N/N=C/c1ccc(-c2ccc(Br)cc2)o1. The van der Waals surface area contributed by atoms with Crippen molar-refractivity contribution < 1.29 is 14.0 Å². The Morgan fingerprint density at radius 2 is 1.89 bits per heavy atom. The van der Waals surface area contributed by atoms with Crippen molar-refractivity contribution in [2.24, 2.45) is 5.10 Å². The minimum Gasteiger partial charge on any atom is -0.455 e. The largest absolute Gasteiger partial charge is 0.455 e. The smallest absolute Gasteiger partial charge is 0.259 e. The number of nitrogens with zero attached hydrogens (tertiary/aromatic N) is 1. The summed E-state index contributed by atoms with van der Waals surface area (Å²) in [5, 5.41) is 6.77. The van der Waals surface area contributed by atoms with Gasteiger partial charge in [0.25, 0.3) is 11.8 Å². The number of nitrogens with one attached hydrogen (secondary N) is 2. The van der Waals surface area contributed by atoms with E-state index < -0.39 is 11.8 Å². The topological polar surface area (TPSA) is 83.7 Å². The summed E-state index contributed by atoms with van der Waals surface area (Å²) in [7, 11) is 0. The first kappa shape index (κ1) is 19.9. The Morgan fingerprint density at radius 1 is 1.11 bits per heavy atom. The summed E-state index contributed by atoms with van der Waals surface area (Å²) in [6.07, 6.45) is 1.39. The highest BCUT2D eigenvalue weighted by atomic mass is 79.9. The number of hydrazone groups is 1. The van der Waals surface area contributed by atoms with Gasteiger partial charge in [-0.25, -0.2) is 5.43 Å². The second kappa shape index (κ2) is 9.34. The van der Waals surface area contributed by atoms with Crippen LogP contribution in [0, 0.1) is 0 Å². The van der Waals surface area contributed by atoms with Crippen molar-refractivity contribution in [1.82, 2.24) is 10.7 Å². The van der Waals surface area contributed by atoms with Gasteiger partial charge >= 0.3 is 0 Å². The normalized spacial score (nSPS) is 10.8. The molecule has 6 nitrogen and oxygen atoms in total. The van der Waals surface area contributed by atoms with E-state index in [9.17, 15) is 9.59 Å². The fourth-order valence-corrected chi connectivity index (χ4v) is 2.75. The van der Waals surface area contributed by atoms with Crippen molar-refractivity contribution in [3.63, 3.8) is 0 Å². The summed E-state index contributed by atoms with van der Waals surface area (Å²) in [5.74, 6) is 0.313. The van der Waals surface area contributed by atoms with E-state index in [2.05, 4.69) is 31.8 Å². The minimum absolute atomic E-state index is 0.217. The highest BCUT2D eigenvalue weighted by Gasteiger charge is 2.08. The van der Waals surface area contributed by atoms with Crippen molar-refractivity contribution in [1.29, 1.82) is 0 Å². The predicted molar refractivity (Wildman–Crippen MR) is 111 cm³/mol. The van der Waals surface area contributed by atoms with Gasteiger partial charge < -0.3 is 9.73 Å². The van der Waals surface area contributed by atoms with Crippen LogP contribution in [0.4, 0.5) is 0 Å². The Morgan fingerprint density at radius 3 is 2.64 bits per heavy atom. The van der Waals surface area contributed by atoms with E-state index >= 15 is 0 Å². The van der Waals surface area contributed by atoms with Crippen LogP contribution in [0.2, 0.25) is 5.02 Å². The summed E-state index contributed by atoms with van der Waals surface area (Å²) in [6, 6.07) is 17.7. The minimum atomic E-state index is -0.466. The quantitative estimate of drug-likeness (QED) is 0.426. The van der Waals surface area contributed by atoms with E-state index in [1.165, 1.54) is 12.3 Å². The van der Waals surface area contributed by atoms with Gasteiger partial charge in [0.2, 0.25) is 0 Å². The number of amides is 2. The maximum absolute atomic E-state index is 11.9. The fourth-order valence-electron chi connectivity index (χ4n) is 2.29. The standard InChI is InChI=1S/C20H15BrClN3O3/c21-15-6-4-13(5-7-15)18-9-8-17(28-18)11-24-25-19(26)12-23-20(27)14-2-1-3-16(22)10-14/h1-11H,12H2,(H,23,27)(H,25,26)/b24-11+. The first-order chi connectivity index (χ1) is 13.5. The lowest BCUT2D eigenvalue weighted by atomic mass is 10.2. The van der Waals surface area contributed by atoms with Crippen LogP contribution in [0.5, 0.6) is 0 Å². The summed E-state index contributed by atoms with van der Waals surface area (Å²) in [6.45, 7) is -0.217. The number of benzene rings is 2. The molecule has 0 atom stereocenters. The molecule has 2 aromatic carbocycles. The van der Waals surface area contributed by atoms with Crippen molar-refractivity contribution in [2.75, 3.05) is 6.54 Å². The van der Waals surface area contributed by atoms with Crippen LogP contribution in [-0.2, 0) is 4.79 Å². The second-order valence-corrected chi connectivity index (χ2v) is 7.05. The third-order valence-electron chi connectivity index (χ3n) is 3.63. The third-order valence-corrected chi connectivity index (χ3v) is 4.40. The molecule has 0 unspecified atom stereocenters. The number of hydrogen-bond acceptors (Lipinski definition) is 4. The third kappa shape index (κ3) is 5.55. The zero-order valence-corrected chi connectivity index (χ0v) is 16.8. The van der Waals surface area contributed by atoms with Crippen molar-refractivity contribution >= 4 is 45.6 Å². The summed E-state index contributed by atoms with van der Waals surface area (Å²) in [4.78, 5) is 23.7.